The highest BCUT2D eigenvalue weighted by Crippen LogP contribution is 2.31. The molecule has 1 atom stereocenters. The number of ether oxygens (including phenoxy) is 1. The van der Waals surface area contributed by atoms with Gasteiger partial charge in [0.25, 0.3) is 0 Å². The van der Waals surface area contributed by atoms with Crippen LogP contribution in [0.4, 0.5) is 25.0 Å². The molecular formula is C22H26ClF2N3O2. The first kappa shape index (κ1) is 22.2. The molecule has 1 heterocycles. The summed E-state index contributed by atoms with van der Waals surface area (Å²) in [4.78, 5) is 16.0. The lowest BCUT2D eigenvalue weighted by atomic mass is 10.1. The van der Waals surface area contributed by atoms with E-state index in [0.717, 1.165) is 12.1 Å². The Labute approximate surface area is 180 Å². The number of rotatable bonds is 4. The van der Waals surface area contributed by atoms with Gasteiger partial charge in [-0.3, -0.25) is 0 Å². The third kappa shape index (κ3) is 5.33. The summed E-state index contributed by atoms with van der Waals surface area (Å²) in [6, 6.07) is 8.41. The lowest BCUT2D eigenvalue weighted by Crippen LogP contribution is -2.40. The van der Waals surface area contributed by atoms with Crippen LogP contribution in [-0.2, 0) is 11.3 Å². The van der Waals surface area contributed by atoms with Crippen LogP contribution in [0.2, 0.25) is 5.02 Å². The lowest BCUT2D eigenvalue weighted by molar-refractivity contribution is 0.0292. The number of nitrogens with two attached hydrogens (primary N) is 1. The van der Waals surface area contributed by atoms with Gasteiger partial charge in [-0.1, -0.05) is 11.6 Å². The molecular weight excluding hydrogens is 412 g/mol. The molecule has 2 N–H and O–H groups in total. The third-order valence-electron chi connectivity index (χ3n) is 4.92. The molecule has 30 heavy (non-hydrogen) atoms. The summed E-state index contributed by atoms with van der Waals surface area (Å²) in [5, 5.41) is 0.374. The van der Waals surface area contributed by atoms with Crippen molar-refractivity contribution in [1.29, 1.82) is 0 Å². The fourth-order valence-electron chi connectivity index (χ4n) is 3.46. The Balaban J connectivity index is 1.87. The van der Waals surface area contributed by atoms with Gasteiger partial charge in [0.1, 0.15) is 17.2 Å². The lowest BCUT2D eigenvalue weighted by Gasteiger charge is -2.32. The van der Waals surface area contributed by atoms with Gasteiger partial charge in [0, 0.05) is 36.9 Å². The number of benzene rings is 2. The molecule has 1 saturated heterocycles. The Morgan fingerprint density at radius 2 is 2.00 bits per heavy atom. The number of nitrogens with zero attached hydrogens (tertiary/aromatic N) is 2. The Hall–Kier alpha value is -2.54. The van der Waals surface area contributed by atoms with E-state index in [4.69, 9.17) is 22.1 Å². The molecule has 5 nitrogen and oxygen atoms in total. The number of carbonyl (C=O) groups is 1. The van der Waals surface area contributed by atoms with Gasteiger partial charge in [-0.25, -0.2) is 13.6 Å². The zero-order valence-corrected chi connectivity index (χ0v) is 18.0. The van der Waals surface area contributed by atoms with Crippen LogP contribution in [0.25, 0.3) is 0 Å². The molecule has 0 bridgehead atoms. The summed E-state index contributed by atoms with van der Waals surface area (Å²) in [5.41, 5.74) is 6.60. The maximum absolute atomic E-state index is 14.3. The molecule has 1 aliphatic heterocycles. The normalized spacial score (nSPS) is 16.6. The van der Waals surface area contributed by atoms with E-state index in [9.17, 15) is 13.6 Å². The molecule has 2 aromatic carbocycles. The Morgan fingerprint density at radius 3 is 2.67 bits per heavy atom. The molecule has 8 heteroatoms. The van der Waals surface area contributed by atoms with Crippen molar-refractivity contribution in [2.24, 2.45) is 0 Å². The molecule has 0 spiro atoms. The van der Waals surface area contributed by atoms with Crippen molar-refractivity contribution in [3.8, 4) is 0 Å². The van der Waals surface area contributed by atoms with Crippen LogP contribution in [0.5, 0.6) is 0 Å². The van der Waals surface area contributed by atoms with Crippen LogP contribution in [-0.4, -0.2) is 35.7 Å². The first-order valence-corrected chi connectivity index (χ1v) is 10.1. The van der Waals surface area contributed by atoms with Crippen LogP contribution >= 0.6 is 11.6 Å². The summed E-state index contributed by atoms with van der Waals surface area (Å²) >= 11 is 6.21. The minimum Gasteiger partial charge on any atom is -0.444 e. The molecule has 3 rings (SSSR count). The Bertz CT molecular complexity index is 933. The minimum atomic E-state index is -0.593. The van der Waals surface area contributed by atoms with Crippen molar-refractivity contribution in [1.82, 2.24) is 4.90 Å². The van der Waals surface area contributed by atoms with E-state index >= 15 is 0 Å². The molecule has 1 fully saturated rings. The van der Waals surface area contributed by atoms with Gasteiger partial charge < -0.3 is 20.3 Å². The van der Waals surface area contributed by atoms with Crippen molar-refractivity contribution < 1.29 is 18.3 Å². The number of nitrogen functional groups attached to an aromatic ring is 1. The van der Waals surface area contributed by atoms with Crippen LogP contribution in [0, 0.1) is 11.6 Å². The minimum absolute atomic E-state index is 0.122. The molecule has 0 aliphatic carbocycles. The summed E-state index contributed by atoms with van der Waals surface area (Å²) < 4.78 is 33.5. The monoisotopic (exact) mass is 437 g/mol. The quantitative estimate of drug-likeness (QED) is 0.666. The second-order valence-electron chi connectivity index (χ2n) is 8.44. The summed E-state index contributed by atoms with van der Waals surface area (Å²) in [7, 11) is 0. The maximum Gasteiger partial charge on any atom is 0.410 e. The molecule has 0 aromatic heterocycles. The van der Waals surface area contributed by atoms with Crippen LogP contribution in [0.15, 0.2) is 36.4 Å². The van der Waals surface area contributed by atoms with Gasteiger partial charge in [-0.2, -0.15) is 0 Å². The maximum atomic E-state index is 14.3. The van der Waals surface area contributed by atoms with E-state index in [1.807, 2.05) is 25.7 Å². The molecule has 1 amide bonds. The topological polar surface area (TPSA) is 58.8 Å². The van der Waals surface area contributed by atoms with E-state index in [1.54, 1.807) is 23.1 Å². The van der Waals surface area contributed by atoms with Gasteiger partial charge in [0.05, 0.1) is 10.7 Å². The van der Waals surface area contributed by atoms with E-state index in [-0.39, 0.29) is 18.2 Å². The van der Waals surface area contributed by atoms with E-state index in [1.165, 1.54) is 6.07 Å². The number of anilines is 2. The van der Waals surface area contributed by atoms with Crippen LogP contribution in [0.3, 0.4) is 0 Å². The number of hydrogen-bond acceptors (Lipinski definition) is 4. The van der Waals surface area contributed by atoms with Crippen molar-refractivity contribution in [3.63, 3.8) is 0 Å². The summed E-state index contributed by atoms with van der Waals surface area (Å²) in [6.07, 6.45) is 0.260. The number of likely N-dealkylation sites (tertiary alicyclic amines) is 1. The van der Waals surface area contributed by atoms with Crippen LogP contribution < -0.4 is 10.6 Å². The Kier molecular flexibility index (Phi) is 6.41. The van der Waals surface area contributed by atoms with Crippen LogP contribution in [0.1, 0.15) is 32.8 Å². The second kappa shape index (κ2) is 8.68. The molecule has 162 valence electrons. The smallest absolute Gasteiger partial charge is 0.410 e. The fourth-order valence-corrected chi connectivity index (χ4v) is 3.64. The van der Waals surface area contributed by atoms with Gasteiger partial charge in [0.2, 0.25) is 0 Å². The molecule has 2 aromatic rings. The highest BCUT2D eigenvalue weighted by atomic mass is 35.5. The van der Waals surface area contributed by atoms with Crippen molar-refractivity contribution in [2.45, 2.75) is 45.4 Å². The second-order valence-corrected chi connectivity index (χ2v) is 8.85. The number of halogens is 3. The number of amides is 1. The third-order valence-corrected chi connectivity index (χ3v) is 5.25. The van der Waals surface area contributed by atoms with Gasteiger partial charge in [-0.05, 0) is 63.6 Å². The van der Waals surface area contributed by atoms with Crippen molar-refractivity contribution in [3.05, 3.63) is 58.6 Å². The number of hydrogen-bond donors (Lipinski definition) is 1. The van der Waals surface area contributed by atoms with E-state index < -0.39 is 23.3 Å². The predicted octanol–water partition coefficient (Wildman–Crippen LogP) is 5.22. The summed E-state index contributed by atoms with van der Waals surface area (Å²) in [6.45, 7) is 6.46. The largest absolute Gasteiger partial charge is 0.444 e. The summed E-state index contributed by atoms with van der Waals surface area (Å²) in [5.74, 6) is -1.01. The van der Waals surface area contributed by atoms with Gasteiger partial charge in [-0.15, -0.1) is 0 Å². The molecule has 0 unspecified atom stereocenters. The molecule has 1 aliphatic rings. The predicted molar refractivity (Wildman–Crippen MR) is 115 cm³/mol. The van der Waals surface area contributed by atoms with Gasteiger partial charge >= 0.3 is 6.09 Å². The van der Waals surface area contributed by atoms with E-state index in [0.29, 0.717) is 35.9 Å². The van der Waals surface area contributed by atoms with Gasteiger partial charge in [0.15, 0.2) is 0 Å². The average molecular weight is 438 g/mol. The zero-order valence-electron chi connectivity index (χ0n) is 17.3. The highest BCUT2D eigenvalue weighted by molar-refractivity contribution is 6.33. The zero-order chi connectivity index (χ0) is 22.1. The van der Waals surface area contributed by atoms with Crippen molar-refractivity contribution in [2.75, 3.05) is 23.7 Å². The standard InChI is InChI=1S/C22H26ClF2N3O2/c1-22(2,3)30-21(29)27-9-8-17(13-27)28(16-5-7-20(26)18(23)11-16)12-14-10-15(24)4-6-19(14)25/h4-7,10-11,17H,8-9,12-13,26H2,1-3H3/t17-/m0/s1. The molecule has 0 radical (unpaired) electrons. The first-order valence-electron chi connectivity index (χ1n) is 9.77. The first-order chi connectivity index (χ1) is 14.0. The highest BCUT2D eigenvalue weighted by Gasteiger charge is 2.33. The SMILES string of the molecule is CC(C)(C)OC(=O)N1CC[C@H](N(Cc2cc(F)ccc2F)c2ccc(N)c(Cl)c2)C1. The fraction of sp³-hybridized carbons (Fsp3) is 0.409. The number of carbonyl (C=O) groups excluding carboxylic acids is 1. The Morgan fingerprint density at radius 1 is 1.27 bits per heavy atom. The average Bonchev–Trinajstić information content (AvgIpc) is 3.13. The molecule has 0 saturated carbocycles. The van der Waals surface area contributed by atoms with Crippen molar-refractivity contribution >= 4 is 29.1 Å². The van der Waals surface area contributed by atoms with E-state index in [2.05, 4.69) is 0 Å².